The zero-order chi connectivity index (χ0) is 22.1. The number of carbonyl (C=O) groups excluding carboxylic acids is 2. The molecule has 0 aromatic heterocycles. The van der Waals surface area contributed by atoms with Gasteiger partial charge >= 0.3 is 0 Å². The van der Waals surface area contributed by atoms with Crippen LogP contribution < -0.4 is 10.2 Å². The monoisotopic (exact) mass is 433 g/mol. The smallest absolute Gasteiger partial charge is 0.257 e. The summed E-state index contributed by atoms with van der Waals surface area (Å²) in [7, 11) is 2.17. The molecule has 1 atom stereocenters. The van der Waals surface area contributed by atoms with E-state index in [1.807, 2.05) is 42.5 Å². The first-order valence-corrected chi connectivity index (χ1v) is 11.6. The number of anilines is 3. The Hall–Kier alpha value is -2.74. The number of nitrogens with zero attached hydrogens (tertiary/aromatic N) is 4. The summed E-state index contributed by atoms with van der Waals surface area (Å²) in [6, 6.07) is 15.3. The van der Waals surface area contributed by atoms with Crippen LogP contribution in [0.5, 0.6) is 0 Å². The molecule has 2 aromatic rings. The minimum atomic E-state index is -0.183. The summed E-state index contributed by atoms with van der Waals surface area (Å²) in [4.78, 5) is 35.5. The van der Waals surface area contributed by atoms with Crippen LogP contribution in [0.4, 0.5) is 17.1 Å². The topological polar surface area (TPSA) is 59.1 Å². The van der Waals surface area contributed by atoms with Crippen LogP contribution in [0.15, 0.2) is 48.5 Å². The number of likely N-dealkylation sites (N-methyl/N-ethyl adjacent to an activating group) is 1. The second-order valence-electron chi connectivity index (χ2n) is 9.09. The van der Waals surface area contributed by atoms with Crippen molar-refractivity contribution in [2.75, 3.05) is 63.1 Å². The highest BCUT2D eigenvalue weighted by molar-refractivity contribution is 6.17. The van der Waals surface area contributed by atoms with Crippen LogP contribution in [-0.2, 0) is 4.79 Å². The normalized spacial score (nSPS) is 22.2. The lowest BCUT2D eigenvalue weighted by Gasteiger charge is -2.36. The summed E-state index contributed by atoms with van der Waals surface area (Å²) in [5.74, 6) is -0.177. The Balaban J connectivity index is 1.38. The summed E-state index contributed by atoms with van der Waals surface area (Å²) in [5.41, 5.74) is 2.56. The number of rotatable bonds is 4. The lowest BCUT2D eigenvalue weighted by molar-refractivity contribution is -0.119. The van der Waals surface area contributed by atoms with E-state index < -0.39 is 0 Å². The predicted molar refractivity (Wildman–Crippen MR) is 127 cm³/mol. The van der Waals surface area contributed by atoms with Gasteiger partial charge < -0.3 is 10.2 Å². The fourth-order valence-corrected chi connectivity index (χ4v) is 5.11. The molecule has 1 N–H and O–H groups in total. The van der Waals surface area contributed by atoms with Gasteiger partial charge in [-0.3, -0.25) is 24.3 Å². The second-order valence-corrected chi connectivity index (χ2v) is 9.09. The van der Waals surface area contributed by atoms with Gasteiger partial charge in [-0.25, -0.2) is 0 Å². The predicted octanol–water partition coefficient (Wildman–Crippen LogP) is 2.63. The fraction of sp³-hybridized carbons (Fsp3) is 0.440. The number of para-hydroxylation sites is 3. The van der Waals surface area contributed by atoms with E-state index in [1.165, 1.54) is 0 Å². The molecule has 0 bridgehead atoms. The van der Waals surface area contributed by atoms with E-state index in [0.29, 0.717) is 29.5 Å². The SMILES string of the molecule is CN1CCN(C[C@@H]2CCCN2CC(=O)N2c3ccccc3NC(=O)c3ccccc32)CC1. The molecule has 0 radical (unpaired) electrons. The van der Waals surface area contributed by atoms with Gasteiger partial charge in [0.1, 0.15) is 0 Å². The van der Waals surface area contributed by atoms with Crippen LogP contribution in [0.2, 0.25) is 0 Å². The highest BCUT2D eigenvalue weighted by Crippen LogP contribution is 2.38. The van der Waals surface area contributed by atoms with Crippen molar-refractivity contribution in [1.82, 2.24) is 14.7 Å². The number of carbonyl (C=O) groups is 2. The molecular weight excluding hydrogens is 402 g/mol. The number of fused-ring (bicyclic) bond motifs is 2. The Morgan fingerprint density at radius 1 is 0.969 bits per heavy atom. The van der Waals surface area contributed by atoms with E-state index in [-0.39, 0.29) is 11.8 Å². The van der Waals surface area contributed by atoms with Gasteiger partial charge in [-0.2, -0.15) is 0 Å². The molecule has 168 valence electrons. The molecule has 7 heteroatoms. The van der Waals surface area contributed by atoms with Gasteiger partial charge in [0.2, 0.25) is 5.91 Å². The molecule has 3 heterocycles. The van der Waals surface area contributed by atoms with Gasteiger partial charge in [0.05, 0.1) is 29.2 Å². The Morgan fingerprint density at radius 2 is 1.69 bits per heavy atom. The molecule has 0 unspecified atom stereocenters. The third-order valence-electron chi connectivity index (χ3n) is 6.93. The van der Waals surface area contributed by atoms with E-state index in [0.717, 1.165) is 57.8 Å². The molecule has 0 saturated carbocycles. The molecule has 2 fully saturated rings. The molecule has 3 aliphatic heterocycles. The molecule has 2 amide bonds. The van der Waals surface area contributed by atoms with Crippen LogP contribution in [0.25, 0.3) is 0 Å². The standard InChI is InChI=1S/C25H31N5O2/c1-27-13-15-28(16-14-27)17-19-7-6-12-29(19)18-24(31)30-22-10-4-2-8-20(22)25(32)26-21-9-3-5-11-23(21)30/h2-5,8-11,19H,6-7,12-18H2,1H3,(H,26,32)/t19-/m0/s1. The average Bonchev–Trinajstić information content (AvgIpc) is 3.17. The van der Waals surface area contributed by atoms with E-state index in [9.17, 15) is 9.59 Å². The number of benzene rings is 2. The lowest BCUT2D eigenvalue weighted by atomic mass is 10.1. The number of nitrogens with one attached hydrogen (secondary N) is 1. The summed E-state index contributed by atoms with van der Waals surface area (Å²) < 4.78 is 0. The number of likely N-dealkylation sites (tertiary alicyclic amines) is 1. The van der Waals surface area contributed by atoms with Gasteiger partial charge in [-0.1, -0.05) is 24.3 Å². The van der Waals surface area contributed by atoms with Crippen LogP contribution in [0, 0.1) is 0 Å². The van der Waals surface area contributed by atoms with Crippen molar-refractivity contribution < 1.29 is 9.59 Å². The molecular formula is C25H31N5O2. The first-order valence-electron chi connectivity index (χ1n) is 11.6. The Labute approximate surface area is 189 Å². The number of amides is 2. The molecule has 0 spiro atoms. The highest BCUT2D eigenvalue weighted by atomic mass is 16.2. The van der Waals surface area contributed by atoms with E-state index in [1.54, 1.807) is 11.0 Å². The minimum absolute atomic E-state index is 0.00618. The van der Waals surface area contributed by atoms with Crippen LogP contribution in [-0.4, -0.2) is 85.4 Å². The maximum Gasteiger partial charge on any atom is 0.257 e. The Bertz CT molecular complexity index is 1000. The largest absolute Gasteiger partial charge is 0.320 e. The maximum atomic E-state index is 13.7. The zero-order valence-electron chi connectivity index (χ0n) is 18.7. The highest BCUT2D eigenvalue weighted by Gasteiger charge is 2.33. The Kier molecular flexibility index (Phi) is 5.95. The summed E-state index contributed by atoms with van der Waals surface area (Å²) in [6.45, 7) is 6.72. The van der Waals surface area contributed by atoms with Gasteiger partial charge in [-0.05, 0) is 50.7 Å². The van der Waals surface area contributed by atoms with Crippen molar-refractivity contribution in [1.29, 1.82) is 0 Å². The molecule has 3 aliphatic rings. The summed E-state index contributed by atoms with van der Waals surface area (Å²) in [6.07, 6.45) is 2.26. The second kappa shape index (κ2) is 9.02. The van der Waals surface area contributed by atoms with Gasteiger partial charge in [-0.15, -0.1) is 0 Å². The summed E-state index contributed by atoms with van der Waals surface area (Å²) >= 11 is 0. The maximum absolute atomic E-state index is 13.7. The van der Waals surface area contributed by atoms with Crippen molar-refractivity contribution in [2.45, 2.75) is 18.9 Å². The number of hydrogen-bond donors (Lipinski definition) is 1. The zero-order valence-corrected chi connectivity index (χ0v) is 18.7. The van der Waals surface area contributed by atoms with Crippen LogP contribution in [0.1, 0.15) is 23.2 Å². The molecule has 2 aromatic carbocycles. The van der Waals surface area contributed by atoms with Crippen molar-refractivity contribution >= 4 is 28.9 Å². The number of hydrogen-bond acceptors (Lipinski definition) is 5. The van der Waals surface area contributed by atoms with Gasteiger partial charge in [0.15, 0.2) is 0 Å². The minimum Gasteiger partial charge on any atom is -0.320 e. The first kappa shape index (κ1) is 21.1. The van der Waals surface area contributed by atoms with Crippen molar-refractivity contribution in [2.24, 2.45) is 0 Å². The van der Waals surface area contributed by atoms with E-state index in [2.05, 4.69) is 27.1 Å². The molecule has 0 aliphatic carbocycles. The molecule has 5 rings (SSSR count). The quantitative estimate of drug-likeness (QED) is 0.803. The van der Waals surface area contributed by atoms with Crippen LogP contribution in [0.3, 0.4) is 0 Å². The molecule has 7 nitrogen and oxygen atoms in total. The van der Waals surface area contributed by atoms with Crippen molar-refractivity contribution in [3.63, 3.8) is 0 Å². The lowest BCUT2D eigenvalue weighted by Crippen LogP contribution is -2.50. The van der Waals surface area contributed by atoms with Gasteiger partial charge in [0, 0.05) is 38.8 Å². The van der Waals surface area contributed by atoms with E-state index >= 15 is 0 Å². The molecule has 32 heavy (non-hydrogen) atoms. The van der Waals surface area contributed by atoms with Crippen molar-refractivity contribution in [3.8, 4) is 0 Å². The third kappa shape index (κ3) is 4.16. The fourth-order valence-electron chi connectivity index (χ4n) is 5.11. The molecule has 2 saturated heterocycles. The van der Waals surface area contributed by atoms with Crippen LogP contribution >= 0.6 is 0 Å². The van der Waals surface area contributed by atoms with E-state index in [4.69, 9.17) is 0 Å². The van der Waals surface area contributed by atoms with Crippen molar-refractivity contribution in [3.05, 3.63) is 54.1 Å². The van der Waals surface area contributed by atoms with Gasteiger partial charge in [0.25, 0.3) is 5.91 Å². The summed E-state index contributed by atoms with van der Waals surface area (Å²) in [5, 5.41) is 2.97. The first-order chi connectivity index (χ1) is 15.6. The number of piperazine rings is 1. The average molecular weight is 434 g/mol. The Morgan fingerprint density at radius 3 is 2.50 bits per heavy atom. The third-order valence-corrected chi connectivity index (χ3v) is 6.93.